The van der Waals surface area contributed by atoms with Gasteiger partial charge in [-0.2, -0.15) is 0 Å². The zero-order valence-electron chi connectivity index (χ0n) is 6.77. The molecule has 2 N–H and O–H groups in total. The lowest BCUT2D eigenvalue weighted by atomic mass is 10.2. The molecule has 0 radical (unpaired) electrons. The fourth-order valence-electron chi connectivity index (χ4n) is 1.46. The summed E-state index contributed by atoms with van der Waals surface area (Å²) in [5.74, 6) is 2.34. The number of terminal acetylenes is 1. The molecule has 1 saturated heterocycles. The van der Waals surface area contributed by atoms with Crippen LogP contribution in [0.25, 0.3) is 0 Å². The molecule has 1 fully saturated rings. The van der Waals surface area contributed by atoms with Crippen molar-refractivity contribution in [3.8, 4) is 12.3 Å². The summed E-state index contributed by atoms with van der Waals surface area (Å²) >= 11 is 0. The standard InChI is InChI=1S/C8H11NO3/c1-3-6-4-7(10)5(2)9(6)8(11)12/h1,5-7,10H,4H2,2H3,(H,11,12). The molecule has 1 amide bonds. The lowest BCUT2D eigenvalue weighted by Crippen LogP contribution is -2.40. The van der Waals surface area contributed by atoms with E-state index < -0.39 is 24.3 Å². The van der Waals surface area contributed by atoms with Gasteiger partial charge in [0.1, 0.15) is 0 Å². The topological polar surface area (TPSA) is 60.8 Å². The van der Waals surface area contributed by atoms with E-state index in [2.05, 4.69) is 5.92 Å². The van der Waals surface area contributed by atoms with E-state index in [9.17, 15) is 9.90 Å². The van der Waals surface area contributed by atoms with Crippen molar-refractivity contribution in [2.24, 2.45) is 0 Å². The van der Waals surface area contributed by atoms with E-state index in [1.165, 1.54) is 0 Å². The fraction of sp³-hybridized carbons (Fsp3) is 0.625. The van der Waals surface area contributed by atoms with Gasteiger partial charge in [-0.05, 0) is 6.92 Å². The molecule has 4 nitrogen and oxygen atoms in total. The van der Waals surface area contributed by atoms with E-state index in [1.54, 1.807) is 6.92 Å². The molecule has 4 heteroatoms. The van der Waals surface area contributed by atoms with Gasteiger partial charge in [0.2, 0.25) is 0 Å². The van der Waals surface area contributed by atoms with E-state index in [-0.39, 0.29) is 0 Å². The molecule has 3 atom stereocenters. The van der Waals surface area contributed by atoms with Crippen molar-refractivity contribution in [3.05, 3.63) is 0 Å². The Morgan fingerprint density at radius 2 is 2.33 bits per heavy atom. The van der Waals surface area contributed by atoms with Crippen LogP contribution < -0.4 is 0 Å². The van der Waals surface area contributed by atoms with Crippen LogP contribution in [0.2, 0.25) is 0 Å². The predicted molar refractivity (Wildman–Crippen MR) is 42.6 cm³/mol. The molecule has 0 aromatic carbocycles. The van der Waals surface area contributed by atoms with Crippen molar-refractivity contribution in [1.29, 1.82) is 0 Å². The smallest absolute Gasteiger partial charge is 0.408 e. The molecule has 0 aromatic rings. The summed E-state index contributed by atoms with van der Waals surface area (Å²) < 4.78 is 0. The highest BCUT2D eigenvalue weighted by atomic mass is 16.4. The summed E-state index contributed by atoms with van der Waals surface area (Å²) in [7, 11) is 0. The second-order valence-corrected chi connectivity index (χ2v) is 2.92. The Balaban J connectivity index is 2.82. The second kappa shape index (κ2) is 3.03. The van der Waals surface area contributed by atoms with Crippen molar-refractivity contribution in [2.45, 2.75) is 31.5 Å². The Morgan fingerprint density at radius 1 is 1.75 bits per heavy atom. The molecule has 1 aliphatic rings. The van der Waals surface area contributed by atoms with Crippen LogP contribution in [0.15, 0.2) is 0 Å². The number of carbonyl (C=O) groups is 1. The van der Waals surface area contributed by atoms with Crippen LogP contribution in [-0.2, 0) is 0 Å². The van der Waals surface area contributed by atoms with Crippen LogP contribution in [0.4, 0.5) is 4.79 Å². The number of carboxylic acid groups (broad SMARTS) is 1. The van der Waals surface area contributed by atoms with Gasteiger partial charge in [-0.1, -0.05) is 5.92 Å². The van der Waals surface area contributed by atoms with Crippen LogP contribution in [0.3, 0.4) is 0 Å². The number of rotatable bonds is 0. The molecular formula is C8H11NO3. The highest BCUT2D eigenvalue weighted by molar-refractivity contribution is 5.67. The third kappa shape index (κ3) is 1.23. The van der Waals surface area contributed by atoms with Gasteiger partial charge < -0.3 is 10.2 Å². The molecule has 1 aliphatic heterocycles. The lowest BCUT2D eigenvalue weighted by molar-refractivity contribution is 0.104. The molecule has 1 rings (SSSR count). The quantitative estimate of drug-likeness (QED) is 0.506. The van der Waals surface area contributed by atoms with Crippen LogP contribution in [0, 0.1) is 12.3 Å². The Kier molecular flexibility index (Phi) is 2.25. The van der Waals surface area contributed by atoms with Gasteiger partial charge >= 0.3 is 6.09 Å². The Morgan fingerprint density at radius 3 is 2.67 bits per heavy atom. The molecule has 1 heterocycles. The average molecular weight is 169 g/mol. The zero-order chi connectivity index (χ0) is 9.30. The summed E-state index contributed by atoms with van der Waals surface area (Å²) in [5.41, 5.74) is 0. The third-order valence-corrected chi connectivity index (χ3v) is 2.21. The average Bonchev–Trinajstić information content (AvgIpc) is 2.28. The third-order valence-electron chi connectivity index (χ3n) is 2.21. The van der Waals surface area contributed by atoms with Gasteiger partial charge in [0, 0.05) is 6.42 Å². The van der Waals surface area contributed by atoms with Gasteiger partial charge in [-0.3, -0.25) is 4.90 Å². The maximum absolute atomic E-state index is 10.6. The first-order valence-electron chi connectivity index (χ1n) is 3.73. The minimum absolute atomic E-state index is 0.337. The number of aliphatic hydroxyl groups is 1. The number of likely N-dealkylation sites (tertiary alicyclic amines) is 1. The molecule has 0 saturated carbocycles. The number of amides is 1. The number of nitrogens with zero attached hydrogens (tertiary/aromatic N) is 1. The molecular weight excluding hydrogens is 158 g/mol. The summed E-state index contributed by atoms with van der Waals surface area (Å²) in [4.78, 5) is 11.8. The first kappa shape index (κ1) is 8.88. The van der Waals surface area contributed by atoms with E-state index >= 15 is 0 Å². The van der Waals surface area contributed by atoms with Crippen LogP contribution in [-0.4, -0.2) is 39.4 Å². The van der Waals surface area contributed by atoms with Gasteiger partial charge in [0.05, 0.1) is 18.2 Å². The monoisotopic (exact) mass is 169 g/mol. The molecule has 3 unspecified atom stereocenters. The van der Waals surface area contributed by atoms with Crippen molar-refractivity contribution >= 4 is 6.09 Å². The van der Waals surface area contributed by atoms with Crippen LogP contribution in [0.5, 0.6) is 0 Å². The number of aliphatic hydroxyl groups excluding tert-OH is 1. The molecule has 66 valence electrons. The van der Waals surface area contributed by atoms with Gasteiger partial charge in [0.25, 0.3) is 0 Å². The van der Waals surface area contributed by atoms with Gasteiger partial charge in [-0.25, -0.2) is 4.79 Å². The SMILES string of the molecule is C#CC1CC(O)C(C)N1C(=O)O. The molecule has 0 aromatic heterocycles. The van der Waals surface area contributed by atoms with Crippen molar-refractivity contribution in [2.75, 3.05) is 0 Å². The summed E-state index contributed by atoms with van der Waals surface area (Å²) in [6, 6.07) is -0.879. The van der Waals surface area contributed by atoms with Gasteiger partial charge in [0.15, 0.2) is 0 Å². The van der Waals surface area contributed by atoms with E-state index in [4.69, 9.17) is 11.5 Å². The Labute approximate surface area is 70.8 Å². The number of hydrogen-bond donors (Lipinski definition) is 2. The van der Waals surface area contributed by atoms with E-state index in [1.807, 2.05) is 0 Å². The van der Waals surface area contributed by atoms with Crippen LogP contribution in [0.1, 0.15) is 13.3 Å². The maximum Gasteiger partial charge on any atom is 0.408 e. The highest BCUT2D eigenvalue weighted by Gasteiger charge is 2.39. The maximum atomic E-state index is 10.6. The first-order chi connectivity index (χ1) is 5.57. The highest BCUT2D eigenvalue weighted by Crippen LogP contribution is 2.23. The van der Waals surface area contributed by atoms with E-state index in [0.29, 0.717) is 6.42 Å². The normalized spacial score (nSPS) is 34.8. The fourth-order valence-corrected chi connectivity index (χ4v) is 1.46. The van der Waals surface area contributed by atoms with E-state index in [0.717, 1.165) is 4.90 Å². The second-order valence-electron chi connectivity index (χ2n) is 2.92. The largest absolute Gasteiger partial charge is 0.465 e. The van der Waals surface area contributed by atoms with Gasteiger partial charge in [-0.15, -0.1) is 6.42 Å². The Bertz CT molecular complexity index is 233. The molecule has 0 aliphatic carbocycles. The first-order valence-corrected chi connectivity index (χ1v) is 3.73. The summed E-state index contributed by atoms with van der Waals surface area (Å²) in [6.07, 6.45) is 3.75. The lowest BCUT2D eigenvalue weighted by Gasteiger charge is -2.21. The Hall–Kier alpha value is -1.21. The summed E-state index contributed by atoms with van der Waals surface area (Å²) in [6.45, 7) is 1.65. The van der Waals surface area contributed by atoms with Crippen molar-refractivity contribution in [3.63, 3.8) is 0 Å². The zero-order valence-corrected chi connectivity index (χ0v) is 6.77. The predicted octanol–water partition coefficient (Wildman–Crippen LogP) is 0.121. The number of hydrogen-bond acceptors (Lipinski definition) is 2. The molecule has 0 spiro atoms. The van der Waals surface area contributed by atoms with Crippen molar-refractivity contribution in [1.82, 2.24) is 4.90 Å². The van der Waals surface area contributed by atoms with Crippen molar-refractivity contribution < 1.29 is 15.0 Å². The molecule has 12 heavy (non-hydrogen) atoms. The minimum Gasteiger partial charge on any atom is -0.465 e. The minimum atomic E-state index is -1.07. The molecule has 0 bridgehead atoms. The van der Waals surface area contributed by atoms with Crippen LogP contribution >= 0.6 is 0 Å². The summed E-state index contributed by atoms with van der Waals surface area (Å²) in [5, 5.41) is 18.0.